The Hall–Kier alpha value is -2.21. The Morgan fingerprint density at radius 1 is 1.38 bits per heavy atom. The van der Waals surface area contributed by atoms with Crippen LogP contribution in [0.3, 0.4) is 0 Å². The largest absolute Gasteiger partial charge is 0.371 e. The molecule has 0 aromatic carbocycles. The van der Waals surface area contributed by atoms with Crippen molar-refractivity contribution >= 4 is 5.91 Å². The molecule has 0 spiro atoms. The highest BCUT2D eigenvalue weighted by molar-refractivity contribution is 5.83. The van der Waals surface area contributed by atoms with E-state index in [1.165, 1.54) is 0 Å². The van der Waals surface area contributed by atoms with Gasteiger partial charge in [-0.1, -0.05) is 6.07 Å². The van der Waals surface area contributed by atoms with Crippen molar-refractivity contribution in [2.75, 3.05) is 6.61 Å². The number of rotatable bonds is 4. The van der Waals surface area contributed by atoms with Crippen molar-refractivity contribution in [1.29, 1.82) is 0 Å². The molecule has 6 heteroatoms. The van der Waals surface area contributed by atoms with Crippen LogP contribution in [0.1, 0.15) is 42.4 Å². The molecule has 1 saturated heterocycles. The monoisotopic (exact) mass is 326 g/mol. The van der Waals surface area contributed by atoms with Gasteiger partial charge in [-0.05, 0) is 36.8 Å². The fourth-order valence-corrected chi connectivity index (χ4v) is 3.58. The minimum atomic E-state index is -0.105. The zero-order chi connectivity index (χ0) is 16.5. The van der Waals surface area contributed by atoms with Crippen molar-refractivity contribution in [3.8, 4) is 0 Å². The molecule has 0 radical (unpaired) electrons. The molecule has 2 aromatic heterocycles. The molecular weight excluding hydrogens is 304 g/mol. The van der Waals surface area contributed by atoms with Crippen LogP contribution in [0, 0.1) is 5.92 Å². The molecule has 3 heterocycles. The molecule has 4 atom stereocenters. The first-order chi connectivity index (χ1) is 11.7. The van der Waals surface area contributed by atoms with Gasteiger partial charge in [0.15, 0.2) is 0 Å². The molecule has 2 fully saturated rings. The Kier molecular flexibility index (Phi) is 4.06. The molecule has 1 N–H and O–H groups in total. The number of amides is 1. The van der Waals surface area contributed by atoms with Crippen molar-refractivity contribution < 1.29 is 9.53 Å². The van der Waals surface area contributed by atoms with Gasteiger partial charge in [-0.2, -0.15) is 5.10 Å². The summed E-state index contributed by atoms with van der Waals surface area (Å²) in [6.07, 6.45) is 10.1. The quantitative estimate of drug-likeness (QED) is 0.932. The number of nitrogens with zero attached hydrogens (tertiary/aromatic N) is 3. The van der Waals surface area contributed by atoms with E-state index in [4.69, 9.17) is 4.74 Å². The van der Waals surface area contributed by atoms with Gasteiger partial charge >= 0.3 is 0 Å². The number of carbonyl (C=O) groups excluding carboxylic acids is 1. The van der Waals surface area contributed by atoms with E-state index in [-0.39, 0.29) is 24.0 Å². The van der Waals surface area contributed by atoms with Gasteiger partial charge in [0, 0.05) is 43.7 Å². The Morgan fingerprint density at radius 3 is 3.04 bits per heavy atom. The SMILES string of the molecule is Cn1cc([C@H]2OCCC[C@@H]2NC(=O)C2CC2c2cccnc2)cn1. The molecule has 4 rings (SSSR count). The predicted octanol–water partition coefficient (Wildman–Crippen LogP) is 1.96. The van der Waals surface area contributed by atoms with E-state index >= 15 is 0 Å². The van der Waals surface area contributed by atoms with E-state index < -0.39 is 0 Å². The van der Waals surface area contributed by atoms with E-state index in [2.05, 4.69) is 15.4 Å². The van der Waals surface area contributed by atoms with Crippen LogP contribution in [-0.2, 0) is 16.6 Å². The van der Waals surface area contributed by atoms with Gasteiger partial charge in [0.05, 0.1) is 12.2 Å². The number of pyridine rings is 1. The van der Waals surface area contributed by atoms with Gasteiger partial charge < -0.3 is 10.1 Å². The Bertz CT molecular complexity index is 715. The van der Waals surface area contributed by atoms with Crippen molar-refractivity contribution in [2.24, 2.45) is 13.0 Å². The van der Waals surface area contributed by atoms with Crippen LogP contribution in [0.4, 0.5) is 0 Å². The molecular formula is C18H22N4O2. The molecule has 1 saturated carbocycles. The number of nitrogens with one attached hydrogen (secondary N) is 1. The van der Waals surface area contributed by atoms with Crippen LogP contribution >= 0.6 is 0 Å². The van der Waals surface area contributed by atoms with Crippen molar-refractivity contribution in [3.63, 3.8) is 0 Å². The number of ether oxygens (including phenoxy) is 1. The Morgan fingerprint density at radius 2 is 2.29 bits per heavy atom. The fourth-order valence-electron chi connectivity index (χ4n) is 3.58. The molecule has 0 bridgehead atoms. The Labute approximate surface area is 141 Å². The number of carbonyl (C=O) groups is 1. The van der Waals surface area contributed by atoms with Crippen molar-refractivity contribution in [2.45, 2.75) is 37.3 Å². The zero-order valence-corrected chi connectivity index (χ0v) is 13.8. The van der Waals surface area contributed by atoms with Crippen LogP contribution in [0.2, 0.25) is 0 Å². The number of hydrogen-bond acceptors (Lipinski definition) is 4. The lowest BCUT2D eigenvalue weighted by molar-refractivity contribution is -0.125. The molecule has 2 aromatic rings. The molecule has 1 aliphatic carbocycles. The van der Waals surface area contributed by atoms with Gasteiger partial charge in [0.25, 0.3) is 0 Å². The fraction of sp³-hybridized carbons (Fsp3) is 0.500. The maximum Gasteiger partial charge on any atom is 0.224 e. The van der Waals surface area contributed by atoms with E-state index in [0.29, 0.717) is 5.92 Å². The average Bonchev–Trinajstić information content (AvgIpc) is 3.31. The smallest absolute Gasteiger partial charge is 0.224 e. The molecule has 1 amide bonds. The highest BCUT2D eigenvalue weighted by Crippen LogP contribution is 2.47. The van der Waals surface area contributed by atoms with E-state index in [9.17, 15) is 4.79 Å². The number of hydrogen-bond donors (Lipinski definition) is 1. The second-order valence-electron chi connectivity index (χ2n) is 6.73. The summed E-state index contributed by atoms with van der Waals surface area (Å²) in [7, 11) is 1.89. The van der Waals surface area contributed by atoms with Gasteiger partial charge in [-0.15, -0.1) is 0 Å². The summed E-state index contributed by atoms with van der Waals surface area (Å²) in [4.78, 5) is 16.8. The second-order valence-corrected chi connectivity index (χ2v) is 6.73. The van der Waals surface area contributed by atoms with E-state index in [0.717, 1.165) is 37.0 Å². The lowest BCUT2D eigenvalue weighted by Gasteiger charge is -2.32. The van der Waals surface area contributed by atoms with Gasteiger partial charge in [0.1, 0.15) is 6.10 Å². The van der Waals surface area contributed by atoms with Crippen LogP contribution in [-0.4, -0.2) is 33.3 Å². The molecule has 1 aliphatic heterocycles. The molecule has 2 unspecified atom stereocenters. The van der Waals surface area contributed by atoms with Gasteiger partial charge in [-0.3, -0.25) is 14.5 Å². The number of aromatic nitrogens is 3. The normalized spacial score (nSPS) is 29.2. The number of aryl methyl sites for hydroxylation is 1. The van der Waals surface area contributed by atoms with Gasteiger partial charge in [0.2, 0.25) is 5.91 Å². The third-order valence-corrected chi connectivity index (χ3v) is 4.94. The topological polar surface area (TPSA) is 69.0 Å². The zero-order valence-electron chi connectivity index (χ0n) is 13.8. The van der Waals surface area contributed by atoms with Crippen molar-refractivity contribution in [3.05, 3.63) is 48.0 Å². The molecule has 24 heavy (non-hydrogen) atoms. The minimum absolute atomic E-state index is 0.0191. The highest BCUT2D eigenvalue weighted by Gasteiger charge is 2.45. The minimum Gasteiger partial charge on any atom is -0.371 e. The summed E-state index contributed by atoms with van der Waals surface area (Å²) in [5.74, 6) is 0.499. The van der Waals surface area contributed by atoms with Crippen LogP contribution in [0.5, 0.6) is 0 Å². The summed E-state index contributed by atoms with van der Waals surface area (Å²) in [6.45, 7) is 0.730. The second kappa shape index (κ2) is 6.36. The van der Waals surface area contributed by atoms with E-state index in [1.54, 1.807) is 10.9 Å². The molecule has 126 valence electrons. The summed E-state index contributed by atoms with van der Waals surface area (Å²) in [6, 6.07) is 3.99. The lowest BCUT2D eigenvalue weighted by atomic mass is 9.97. The molecule has 2 aliphatic rings. The van der Waals surface area contributed by atoms with E-state index in [1.807, 2.05) is 37.8 Å². The van der Waals surface area contributed by atoms with Crippen LogP contribution in [0.15, 0.2) is 36.9 Å². The standard InChI is InChI=1S/C18H22N4O2/c1-22-11-13(10-20-22)17-16(5-3-7-24-17)21-18(23)15-8-14(15)12-4-2-6-19-9-12/h2,4,6,9-11,14-17H,3,5,7-8H2,1H3,(H,21,23)/t14?,15?,16-,17+/m0/s1. The van der Waals surface area contributed by atoms with Crippen LogP contribution < -0.4 is 5.32 Å². The third-order valence-electron chi connectivity index (χ3n) is 4.94. The first kappa shape index (κ1) is 15.3. The van der Waals surface area contributed by atoms with Crippen molar-refractivity contribution in [1.82, 2.24) is 20.1 Å². The first-order valence-corrected chi connectivity index (χ1v) is 8.53. The summed E-state index contributed by atoms with van der Waals surface area (Å²) in [5.41, 5.74) is 2.18. The predicted molar refractivity (Wildman–Crippen MR) is 88.2 cm³/mol. The third kappa shape index (κ3) is 3.06. The average molecular weight is 326 g/mol. The lowest BCUT2D eigenvalue weighted by Crippen LogP contribution is -2.43. The highest BCUT2D eigenvalue weighted by atomic mass is 16.5. The first-order valence-electron chi connectivity index (χ1n) is 8.53. The Balaban J connectivity index is 1.41. The molecule has 6 nitrogen and oxygen atoms in total. The summed E-state index contributed by atoms with van der Waals surface area (Å²) in [5, 5.41) is 7.44. The van der Waals surface area contributed by atoms with Crippen LogP contribution in [0.25, 0.3) is 0 Å². The van der Waals surface area contributed by atoms with Gasteiger partial charge in [-0.25, -0.2) is 0 Å². The maximum atomic E-state index is 12.6. The summed E-state index contributed by atoms with van der Waals surface area (Å²) < 4.78 is 7.69. The maximum absolute atomic E-state index is 12.6. The summed E-state index contributed by atoms with van der Waals surface area (Å²) >= 11 is 0.